The highest BCUT2D eigenvalue weighted by molar-refractivity contribution is 7.90. The fraction of sp³-hybridized carbons (Fsp3) is 0.381. The van der Waals surface area contributed by atoms with Crippen LogP contribution in [0.3, 0.4) is 0 Å². The third-order valence-electron chi connectivity index (χ3n) is 5.82. The SMILES string of the molecule is CS(=O)(=O)c1cccc(C(=O)N2C3CCC2CC(c2ccc(F)cc2)C3)c1. The molecule has 2 aliphatic heterocycles. The van der Waals surface area contributed by atoms with E-state index in [1.54, 1.807) is 12.1 Å². The lowest BCUT2D eigenvalue weighted by atomic mass is 9.85. The standard InChI is InChI=1S/C21H22FNO3S/c1-27(25,26)20-4-2-3-15(13-20)21(24)23-18-9-10-19(23)12-16(11-18)14-5-7-17(22)8-6-14/h2-8,13,16,18-19H,9-12H2,1H3. The Balaban J connectivity index is 1.56. The molecular formula is C21H22FNO3S. The summed E-state index contributed by atoms with van der Waals surface area (Å²) in [6.45, 7) is 0. The van der Waals surface area contributed by atoms with Gasteiger partial charge in [0.25, 0.3) is 5.91 Å². The van der Waals surface area contributed by atoms with Crippen molar-refractivity contribution in [2.24, 2.45) is 0 Å². The van der Waals surface area contributed by atoms with Crippen LogP contribution in [0.4, 0.5) is 4.39 Å². The Morgan fingerprint density at radius 1 is 1.04 bits per heavy atom. The van der Waals surface area contributed by atoms with Crippen LogP contribution in [0.15, 0.2) is 53.4 Å². The van der Waals surface area contributed by atoms with E-state index in [0.717, 1.165) is 37.5 Å². The molecule has 0 radical (unpaired) electrons. The quantitative estimate of drug-likeness (QED) is 0.805. The van der Waals surface area contributed by atoms with Crippen molar-refractivity contribution in [3.8, 4) is 0 Å². The molecule has 6 heteroatoms. The maximum absolute atomic E-state index is 13.2. The minimum absolute atomic E-state index is 0.0921. The summed E-state index contributed by atoms with van der Waals surface area (Å²) in [5.41, 5.74) is 1.55. The zero-order chi connectivity index (χ0) is 19.2. The molecule has 0 aromatic heterocycles. The number of sulfone groups is 1. The topological polar surface area (TPSA) is 54.5 Å². The first-order chi connectivity index (χ1) is 12.8. The number of fused-ring (bicyclic) bond motifs is 2. The summed E-state index contributed by atoms with van der Waals surface area (Å²) >= 11 is 0. The van der Waals surface area contributed by atoms with E-state index < -0.39 is 9.84 Å². The number of nitrogens with zero attached hydrogens (tertiary/aromatic N) is 1. The van der Waals surface area contributed by atoms with Crippen LogP contribution in [-0.4, -0.2) is 37.6 Å². The fourth-order valence-corrected chi connectivity index (χ4v) is 5.19. The zero-order valence-electron chi connectivity index (χ0n) is 15.1. The van der Waals surface area contributed by atoms with Gasteiger partial charge in [0.2, 0.25) is 0 Å². The smallest absolute Gasteiger partial charge is 0.254 e. The van der Waals surface area contributed by atoms with Crippen molar-refractivity contribution in [3.63, 3.8) is 0 Å². The molecule has 2 fully saturated rings. The molecule has 0 aliphatic carbocycles. The minimum atomic E-state index is -3.35. The van der Waals surface area contributed by atoms with Crippen molar-refractivity contribution in [2.45, 2.75) is 48.6 Å². The Hall–Kier alpha value is -2.21. The number of hydrogen-bond acceptors (Lipinski definition) is 3. The molecule has 2 aliphatic rings. The monoisotopic (exact) mass is 387 g/mol. The molecule has 2 saturated heterocycles. The molecule has 4 rings (SSSR count). The Bertz CT molecular complexity index is 957. The first-order valence-electron chi connectivity index (χ1n) is 9.21. The number of piperidine rings is 1. The molecular weight excluding hydrogens is 365 g/mol. The highest BCUT2D eigenvalue weighted by atomic mass is 32.2. The summed E-state index contributed by atoms with van der Waals surface area (Å²) in [5, 5.41) is 0. The molecule has 2 unspecified atom stereocenters. The van der Waals surface area contributed by atoms with Crippen molar-refractivity contribution in [2.75, 3.05) is 6.26 Å². The van der Waals surface area contributed by atoms with E-state index in [-0.39, 0.29) is 28.7 Å². The van der Waals surface area contributed by atoms with Gasteiger partial charge >= 0.3 is 0 Å². The molecule has 0 spiro atoms. The van der Waals surface area contributed by atoms with Crippen LogP contribution in [-0.2, 0) is 9.84 Å². The van der Waals surface area contributed by atoms with Gasteiger partial charge in [0, 0.05) is 23.9 Å². The maximum Gasteiger partial charge on any atom is 0.254 e. The van der Waals surface area contributed by atoms with Gasteiger partial charge in [0.15, 0.2) is 9.84 Å². The molecule has 0 N–H and O–H groups in total. The van der Waals surface area contributed by atoms with E-state index in [4.69, 9.17) is 0 Å². The summed E-state index contributed by atoms with van der Waals surface area (Å²) in [6.07, 6.45) is 4.79. The molecule has 142 valence electrons. The lowest BCUT2D eigenvalue weighted by Gasteiger charge is -2.39. The summed E-state index contributed by atoms with van der Waals surface area (Å²) in [6, 6.07) is 13.3. The Kier molecular flexibility index (Phi) is 4.54. The zero-order valence-corrected chi connectivity index (χ0v) is 16.0. The highest BCUT2D eigenvalue weighted by Gasteiger charge is 2.43. The molecule has 2 bridgehead atoms. The Morgan fingerprint density at radius 2 is 1.67 bits per heavy atom. The van der Waals surface area contributed by atoms with Gasteiger partial charge < -0.3 is 4.90 Å². The van der Waals surface area contributed by atoms with E-state index in [0.29, 0.717) is 11.5 Å². The van der Waals surface area contributed by atoms with Gasteiger partial charge in [-0.2, -0.15) is 0 Å². The van der Waals surface area contributed by atoms with Gasteiger partial charge in [-0.1, -0.05) is 18.2 Å². The average molecular weight is 387 g/mol. The van der Waals surface area contributed by atoms with Crippen LogP contribution in [0, 0.1) is 5.82 Å². The van der Waals surface area contributed by atoms with E-state index in [9.17, 15) is 17.6 Å². The van der Waals surface area contributed by atoms with Crippen LogP contribution < -0.4 is 0 Å². The number of rotatable bonds is 3. The lowest BCUT2D eigenvalue weighted by Crippen LogP contribution is -2.46. The first-order valence-corrected chi connectivity index (χ1v) is 11.1. The van der Waals surface area contributed by atoms with Crippen molar-refractivity contribution in [1.82, 2.24) is 4.90 Å². The van der Waals surface area contributed by atoms with E-state index >= 15 is 0 Å². The van der Waals surface area contributed by atoms with Gasteiger partial charge in [-0.05, 0) is 67.5 Å². The number of benzene rings is 2. The first kappa shape index (κ1) is 18.2. The second kappa shape index (κ2) is 6.75. The second-order valence-electron chi connectivity index (χ2n) is 7.62. The molecule has 2 aromatic carbocycles. The minimum Gasteiger partial charge on any atom is -0.333 e. The van der Waals surface area contributed by atoms with Crippen molar-refractivity contribution < 1.29 is 17.6 Å². The number of carbonyl (C=O) groups excluding carboxylic acids is 1. The fourth-order valence-electron chi connectivity index (χ4n) is 4.52. The maximum atomic E-state index is 13.2. The van der Waals surface area contributed by atoms with Crippen molar-refractivity contribution in [3.05, 3.63) is 65.5 Å². The third-order valence-corrected chi connectivity index (χ3v) is 6.93. The van der Waals surface area contributed by atoms with Gasteiger partial charge in [0.05, 0.1) is 4.90 Å². The van der Waals surface area contributed by atoms with Gasteiger partial charge in [0.1, 0.15) is 5.82 Å². The molecule has 2 aromatic rings. The van der Waals surface area contributed by atoms with Crippen LogP contribution in [0.25, 0.3) is 0 Å². The van der Waals surface area contributed by atoms with Crippen molar-refractivity contribution >= 4 is 15.7 Å². The Morgan fingerprint density at radius 3 is 2.26 bits per heavy atom. The molecule has 27 heavy (non-hydrogen) atoms. The third kappa shape index (κ3) is 3.50. The lowest BCUT2D eigenvalue weighted by molar-refractivity contribution is 0.0571. The van der Waals surface area contributed by atoms with Gasteiger partial charge in [-0.3, -0.25) is 4.79 Å². The van der Waals surface area contributed by atoms with E-state index in [2.05, 4.69) is 0 Å². The molecule has 1 amide bonds. The summed E-state index contributed by atoms with van der Waals surface area (Å²) < 4.78 is 36.8. The molecule has 4 nitrogen and oxygen atoms in total. The van der Waals surface area contributed by atoms with Crippen LogP contribution >= 0.6 is 0 Å². The number of carbonyl (C=O) groups is 1. The normalized spacial score (nSPS) is 24.8. The van der Waals surface area contributed by atoms with Crippen LogP contribution in [0.2, 0.25) is 0 Å². The number of halogens is 1. The Labute approximate surface area is 158 Å². The van der Waals surface area contributed by atoms with Gasteiger partial charge in [-0.15, -0.1) is 0 Å². The summed E-state index contributed by atoms with van der Waals surface area (Å²) in [5.74, 6) is 0.000143. The highest BCUT2D eigenvalue weighted by Crippen LogP contribution is 2.43. The summed E-state index contributed by atoms with van der Waals surface area (Å²) in [7, 11) is -3.35. The number of hydrogen-bond donors (Lipinski definition) is 0. The van der Waals surface area contributed by atoms with Gasteiger partial charge in [-0.25, -0.2) is 12.8 Å². The van der Waals surface area contributed by atoms with E-state index in [1.165, 1.54) is 24.3 Å². The predicted octanol–water partition coefficient (Wildman–Crippen LogP) is 3.78. The van der Waals surface area contributed by atoms with E-state index in [1.807, 2.05) is 17.0 Å². The van der Waals surface area contributed by atoms with Crippen LogP contribution in [0.1, 0.15) is 47.5 Å². The molecule has 2 atom stereocenters. The largest absolute Gasteiger partial charge is 0.333 e. The predicted molar refractivity (Wildman–Crippen MR) is 101 cm³/mol. The summed E-state index contributed by atoms with van der Waals surface area (Å²) in [4.78, 5) is 15.2. The number of amides is 1. The average Bonchev–Trinajstić information content (AvgIpc) is 2.90. The van der Waals surface area contributed by atoms with Crippen molar-refractivity contribution in [1.29, 1.82) is 0 Å². The molecule has 0 saturated carbocycles. The van der Waals surface area contributed by atoms with Crippen LogP contribution in [0.5, 0.6) is 0 Å². The second-order valence-corrected chi connectivity index (χ2v) is 9.63. The molecule has 2 heterocycles.